The van der Waals surface area contributed by atoms with Gasteiger partial charge in [-0.25, -0.2) is 0 Å². The zero-order valence-electron chi connectivity index (χ0n) is 9.44. The number of rotatable bonds is 3. The third kappa shape index (κ3) is 2.54. The molecule has 0 N–H and O–H groups in total. The van der Waals surface area contributed by atoms with Crippen LogP contribution in [0.5, 0.6) is 11.5 Å². The van der Waals surface area contributed by atoms with Gasteiger partial charge in [0.05, 0.1) is 7.11 Å². The van der Waals surface area contributed by atoms with Gasteiger partial charge in [-0.1, -0.05) is 6.07 Å². The molecule has 16 heavy (non-hydrogen) atoms. The van der Waals surface area contributed by atoms with E-state index < -0.39 is 0 Å². The van der Waals surface area contributed by atoms with Crippen molar-refractivity contribution >= 4 is 5.78 Å². The second-order valence-corrected chi connectivity index (χ2v) is 4.00. The van der Waals surface area contributed by atoms with Crippen LogP contribution in [-0.4, -0.2) is 19.0 Å². The molecular weight excluding hydrogens is 204 g/mol. The fourth-order valence-electron chi connectivity index (χ4n) is 1.91. The van der Waals surface area contributed by atoms with Crippen LogP contribution in [0.15, 0.2) is 24.3 Å². The summed E-state index contributed by atoms with van der Waals surface area (Å²) in [6, 6.07) is 7.38. The summed E-state index contributed by atoms with van der Waals surface area (Å²) < 4.78 is 10.8. The fourth-order valence-corrected chi connectivity index (χ4v) is 1.91. The lowest BCUT2D eigenvalue weighted by molar-refractivity contribution is -0.127. The van der Waals surface area contributed by atoms with Crippen LogP contribution in [0.4, 0.5) is 0 Å². The molecule has 1 atom stereocenters. The topological polar surface area (TPSA) is 35.5 Å². The van der Waals surface area contributed by atoms with Gasteiger partial charge < -0.3 is 9.47 Å². The van der Waals surface area contributed by atoms with Crippen molar-refractivity contribution in [3.63, 3.8) is 0 Å². The summed E-state index contributed by atoms with van der Waals surface area (Å²) in [5, 5.41) is 0. The highest BCUT2D eigenvalue weighted by atomic mass is 16.5. The van der Waals surface area contributed by atoms with E-state index >= 15 is 0 Å². The van der Waals surface area contributed by atoms with Gasteiger partial charge >= 0.3 is 0 Å². The first-order valence-corrected chi connectivity index (χ1v) is 5.63. The van der Waals surface area contributed by atoms with Crippen molar-refractivity contribution in [1.82, 2.24) is 0 Å². The predicted molar refractivity (Wildman–Crippen MR) is 60.9 cm³/mol. The molecule has 1 aliphatic rings. The first-order valence-electron chi connectivity index (χ1n) is 5.63. The highest BCUT2D eigenvalue weighted by molar-refractivity contribution is 5.84. The number of hydrogen-bond donors (Lipinski definition) is 0. The Hall–Kier alpha value is -1.51. The molecular formula is C13H16O3. The SMILES string of the molecule is COc1cccc(OC2CCCCC2=O)c1. The number of hydrogen-bond acceptors (Lipinski definition) is 3. The van der Waals surface area contributed by atoms with Gasteiger partial charge in [0.2, 0.25) is 0 Å². The first-order chi connectivity index (χ1) is 7.79. The second-order valence-electron chi connectivity index (χ2n) is 4.00. The minimum atomic E-state index is -0.263. The number of carbonyl (C=O) groups excluding carboxylic acids is 1. The number of ether oxygens (including phenoxy) is 2. The van der Waals surface area contributed by atoms with E-state index in [0.29, 0.717) is 12.2 Å². The minimum Gasteiger partial charge on any atom is -0.497 e. The number of ketones is 1. The van der Waals surface area contributed by atoms with E-state index in [4.69, 9.17) is 9.47 Å². The molecule has 0 spiro atoms. The smallest absolute Gasteiger partial charge is 0.173 e. The van der Waals surface area contributed by atoms with Gasteiger partial charge in [-0.05, 0) is 31.4 Å². The van der Waals surface area contributed by atoms with Crippen molar-refractivity contribution in [2.75, 3.05) is 7.11 Å². The van der Waals surface area contributed by atoms with Gasteiger partial charge in [0.1, 0.15) is 11.5 Å². The van der Waals surface area contributed by atoms with Crippen molar-refractivity contribution in [3.05, 3.63) is 24.3 Å². The maximum Gasteiger partial charge on any atom is 0.173 e. The quantitative estimate of drug-likeness (QED) is 0.785. The molecule has 1 aromatic carbocycles. The Morgan fingerprint density at radius 1 is 1.25 bits per heavy atom. The van der Waals surface area contributed by atoms with Gasteiger partial charge in [-0.15, -0.1) is 0 Å². The molecule has 1 aliphatic carbocycles. The molecule has 0 amide bonds. The minimum absolute atomic E-state index is 0.217. The van der Waals surface area contributed by atoms with E-state index in [-0.39, 0.29) is 11.9 Å². The molecule has 86 valence electrons. The molecule has 3 nitrogen and oxygen atoms in total. The summed E-state index contributed by atoms with van der Waals surface area (Å²) >= 11 is 0. The maximum absolute atomic E-state index is 11.6. The fraction of sp³-hybridized carbons (Fsp3) is 0.462. The zero-order valence-corrected chi connectivity index (χ0v) is 9.44. The monoisotopic (exact) mass is 220 g/mol. The lowest BCUT2D eigenvalue weighted by Gasteiger charge is -2.21. The molecule has 3 heteroatoms. The highest BCUT2D eigenvalue weighted by Gasteiger charge is 2.23. The number of Topliss-reactive ketones (excluding diaryl/α,β-unsaturated/α-hetero) is 1. The molecule has 1 aromatic rings. The average Bonchev–Trinajstić information content (AvgIpc) is 2.32. The van der Waals surface area contributed by atoms with Gasteiger partial charge in [0, 0.05) is 12.5 Å². The zero-order chi connectivity index (χ0) is 11.4. The van der Waals surface area contributed by atoms with Crippen LogP contribution in [0.2, 0.25) is 0 Å². The Balaban J connectivity index is 2.04. The van der Waals surface area contributed by atoms with Crippen LogP contribution >= 0.6 is 0 Å². The average molecular weight is 220 g/mol. The highest BCUT2D eigenvalue weighted by Crippen LogP contribution is 2.24. The third-order valence-electron chi connectivity index (χ3n) is 2.82. The van der Waals surface area contributed by atoms with E-state index in [1.54, 1.807) is 7.11 Å². The van der Waals surface area contributed by atoms with E-state index in [9.17, 15) is 4.79 Å². The van der Waals surface area contributed by atoms with Crippen LogP contribution in [0.1, 0.15) is 25.7 Å². The van der Waals surface area contributed by atoms with Crippen LogP contribution in [-0.2, 0) is 4.79 Å². The van der Waals surface area contributed by atoms with Crippen LogP contribution in [0.3, 0.4) is 0 Å². The Bertz CT molecular complexity index is 373. The van der Waals surface area contributed by atoms with Crippen molar-refractivity contribution in [3.8, 4) is 11.5 Å². The lowest BCUT2D eigenvalue weighted by atomic mass is 9.96. The molecule has 1 saturated carbocycles. The first kappa shape index (κ1) is 11.0. The van der Waals surface area contributed by atoms with E-state index in [2.05, 4.69) is 0 Å². The molecule has 1 fully saturated rings. The normalized spacial score (nSPS) is 20.6. The lowest BCUT2D eigenvalue weighted by Crippen LogP contribution is -2.30. The standard InChI is InChI=1S/C13H16O3/c1-15-10-5-4-6-11(9-10)16-13-8-3-2-7-12(13)14/h4-6,9,13H,2-3,7-8H2,1H3. The summed E-state index contributed by atoms with van der Waals surface area (Å²) in [6.45, 7) is 0. The summed E-state index contributed by atoms with van der Waals surface area (Å²) in [5.41, 5.74) is 0. The number of methoxy groups -OCH3 is 1. The van der Waals surface area contributed by atoms with Gasteiger partial charge in [-0.2, -0.15) is 0 Å². The molecule has 0 aliphatic heterocycles. The van der Waals surface area contributed by atoms with Gasteiger partial charge in [0.25, 0.3) is 0 Å². The molecule has 0 radical (unpaired) electrons. The van der Waals surface area contributed by atoms with Gasteiger partial charge in [0.15, 0.2) is 11.9 Å². The Morgan fingerprint density at radius 3 is 2.81 bits per heavy atom. The molecule has 0 saturated heterocycles. The molecule has 2 rings (SSSR count). The molecule has 0 heterocycles. The van der Waals surface area contributed by atoms with E-state index in [0.717, 1.165) is 25.0 Å². The largest absolute Gasteiger partial charge is 0.497 e. The van der Waals surface area contributed by atoms with Crippen molar-refractivity contribution in [1.29, 1.82) is 0 Å². The van der Waals surface area contributed by atoms with E-state index in [1.165, 1.54) is 0 Å². The van der Waals surface area contributed by atoms with Crippen molar-refractivity contribution < 1.29 is 14.3 Å². The number of benzene rings is 1. The predicted octanol–water partition coefficient (Wildman–Crippen LogP) is 2.59. The number of carbonyl (C=O) groups is 1. The summed E-state index contributed by atoms with van der Waals surface area (Å²) in [7, 11) is 1.62. The van der Waals surface area contributed by atoms with Gasteiger partial charge in [-0.3, -0.25) is 4.79 Å². The van der Waals surface area contributed by atoms with Crippen LogP contribution in [0, 0.1) is 0 Å². The van der Waals surface area contributed by atoms with Crippen LogP contribution in [0.25, 0.3) is 0 Å². The molecule has 0 aromatic heterocycles. The van der Waals surface area contributed by atoms with E-state index in [1.807, 2.05) is 24.3 Å². The summed E-state index contributed by atoms with van der Waals surface area (Å²) in [5.74, 6) is 1.68. The maximum atomic E-state index is 11.6. The Morgan fingerprint density at radius 2 is 2.06 bits per heavy atom. The third-order valence-corrected chi connectivity index (χ3v) is 2.82. The summed E-state index contributed by atoms with van der Waals surface area (Å²) in [4.78, 5) is 11.6. The van der Waals surface area contributed by atoms with Crippen molar-refractivity contribution in [2.24, 2.45) is 0 Å². The Labute approximate surface area is 95.4 Å². The second kappa shape index (κ2) is 5.01. The van der Waals surface area contributed by atoms with Crippen molar-refractivity contribution in [2.45, 2.75) is 31.8 Å². The molecule has 1 unspecified atom stereocenters. The molecule has 0 bridgehead atoms. The Kier molecular flexibility index (Phi) is 3.44. The summed E-state index contributed by atoms with van der Waals surface area (Å²) in [6.07, 6.45) is 3.28. The van der Waals surface area contributed by atoms with Crippen LogP contribution < -0.4 is 9.47 Å².